The van der Waals surface area contributed by atoms with Gasteiger partial charge in [-0.25, -0.2) is 4.39 Å². The molecule has 1 aromatic heterocycles. The molecule has 0 spiro atoms. The van der Waals surface area contributed by atoms with Gasteiger partial charge >= 0.3 is 0 Å². The van der Waals surface area contributed by atoms with E-state index < -0.39 is 0 Å². The van der Waals surface area contributed by atoms with Crippen molar-refractivity contribution in [3.05, 3.63) is 53.2 Å². The summed E-state index contributed by atoms with van der Waals surface area (Å²) in [7, 11) is 0. The zero-order chi connectivity index (χ0) is 16.2. The SMILES string of the molecule is Cc1cc(C(=O)N2CCC[C@@H](CCc3ccc(F)cc3)C2)on1. The van der Waals surface area contributed by atoms with E-state index in [2.05, 4.69) is 5.16 Å². The van der Waals surface area contributed by atoms with Crippen LogP contribution in [-0.4, -0.2) is 29.1 Å². The highest BCUT2D eigenvalue weighted by Gasteiger charge is 2.26. The Balaban J connectivity index is 1.55. The molecule has 1 saturated heterocycles. The number of amides is 1. The van der Waals surface area contributed by atoms with Gasteiger partial charge in [0.1, 0.15) is 5.82 Å². The molecule has 4 nitrogen and oxygen atoms in total. The summed E-state index contributed by atoms with van der Waals surface area (Å²) < 4.78 is 18.0. The van der Waals surface area contributed by atoms with Gasteiger partial charge in [-0.2, -0.15) is 0 Å². The van der Waals surface area contributed by atoms with Crippen LogP contribution in [0.2, 0.25) is 0 Å². The lowest BCUT2D eigenvalue weighted by Gasteiger charge is -2.32. The van der Waals surface area contributed by atoms with Crippen molar-refractivity contribution in [3.63, 3.8) is 0 Å². The molecule has 0 bridgehead atoms. The van der Waals surface area contributed by atoms with Crippen molar-refractivity contribution in [2.24, 2.45) is 5.92 Å². The summed E-state index contributed by atoms with van der Waals surface area (Å²) in [6, 6.07) is 8.35. The maximum atomic E-state index is 12.9. The number of carbonyl (C=O) groups excluding carboxylic acids is 1. The fourth-order valence-electron chi connectivity index (χ4n) is 3.13. The van der Waals surface area contributed by atoms with E-state index in [0.29, 0.717) is 11.7 Å². The summed E-state index contributed by atoms with van der Waals surface area (Å²) in [5, 5.41) is 3.78. The second-order valence-electron chi connectivity index (χ2n) is 6.26. The van der Waals surface area contributed by atoms with Crippen LogP contribution in [0.25, 0.3) is 0 Å². The Morgan fingerprint density at radius 3 is 2.87 bits per heavy atom. The van der Waals surface area contributed by atoms with Crippen LogP contribution in [0.15, 0.2) is 34.9 Å². The Labute approximate surface area is 135 Å². The van der Waals surface area contributed by atoms with Gasteiger partial charge in [-0.1, -0.05) is 17.3 Å². The number of aryl methyl sites for hydroxylation is 2. The molecule has 1 aliphatic rings. The quantitative estimate of drug-likeness (QED) is 0.865. The van der Waals surface area contributed by atoms with E-state index in [1.807, 2.05) is 24.0 Å². The number of carbonyl (C=O) groups is 1. The van der Waals surface area contributed by atoms with E-state index in [1.165, 1.54) is 12.1 Å². The molecule has 0 radical (unpaired) electrons. The van der Waals surface area contributed by atoms with Crippen molar-refractivity contribution in [1.82, 2.24) is 10.1 Å². The fraction of sp³-hybridized carbons (Fsp3) is 0.444. The first-order valence-electron chi connectivity index (χ1n) is 8.09. The zero-order valence-electron chi connectivity index (χ0n) is 13.3. The van der Waals surface area contributed by atoms with Crippen LogP contribution in [0.4, 0.5) is 4.39 Å². The molecule has 1 fully saturated rings. The molecular formula is C18H21FN2O2. The summed E-state index contributed by atoms with van der Waals surface area (Å²) in [6.07, 6.45) is 4.05. The number of halogens is 1. The predicted octanol–water partition coefficient (Wildman–Crippen LogP) is 3.61. The lowest BCUT2D eigenvalue weighted by atomic mass is 9.91. The first kappa shape index (κ1) is 15.7. The standard InChI is InChI=1S/C18H21FN2O2/c1-13-11-17(23-20-13)18(22)21-10-2-3-15(12-21)5-4-14-6-8-16(19)9-7-14/h6-9,11,15H,2-5,10,12H2,1H3/t15-/m0/s1. The highest BCUT2D eigenvalue weighted by atomic mass is 19.1. The van der Waals surface area contributed by atoms with Gasteiger partial charge in [0.25, 0.3) is 5.91 Å². The Morgan fingerprint density at radius 1 is 1.39 bits per heavy atom. The molecule has 2 heterocycles. The van der Waals surface area contributed by atoms with E-state index in [4.69, 9.17) is 4.52 Å². The van der Waals surface area contributed by atoms with E-state index in [9.17, 15) is 9.18 Å². The Kier molecular flexibility index (Phi) is 4.74. The number of piperidine rings is 1. The minimum atomic E-state index is -0.203. The number of aromatic nitrogens is 1. The number of rotatable bonds is 4. The smallest absolute Gasteiger partial charge is 0.292 e. The normalized spacial score (nSPS) is 18.2. The van der Waals surface area contributed by atoms with E-state index in [1.54, 1.807) is 6.07 Å². The maximum absolute atomic E-state index is 12.9. The van der Waals surface area contributed by atoms with Gasteiger partial charge in [-0.05, 0) is 56.2 Å². The highest BCUT2D eigenvalue weighted by molar-refractivity contribution is 5.91. The van der Waals surface area contributed by atoms with Crippen molar-refractivity contribution in [1.29, 1.82) is 0 Å². The number of hydrogen-bond donors (Lipinski definition) is 0. The fourth-order valence-corrected chi connectivity index (χ4v) is 3.13. The zero-order valence-corrected chi connectivity index (χ0v) is 13.3. The third-order valence-corrected chi connectivity index (χ3v) is 4.40. The molecule has 1 amide bonds. The Morgan fingerprint density at radius 2 is 2.17 bits per heavy atom. The van der Waals surface area contributed by atoms with Gasteiger partial charge < -0.3 is 9.42 Å². The molecule has 2 aromatic rings. The number of benzene rings is 1. The Hall–Kier alpha value is -2.17. The number of nitrogens with zero attached hydrogens (tertiary/aromatic N) is 2. The molecular weight excluding hydrogens is 295 g/mol. The van der Waals surface area contributed by atoms with Crippen molar-refractivity contribution < 1.29 is 13.7 Å². The first-order valence-corrected chi connectivity index (χ1v) is 8.09. The second-order valence-corrected chi connectivity index (χ2v) is 6.26. The van der Waals surface area contributed by atoms with Gasteiger partial charge in [-0.15, -0.1) is 0 Å². The average Bonchev–Trinajstić information content (AvgIpc) is 3.00. The molecule has 5 heteroatoms. The second kappa shape index (κ2) is 6.94. The lowest BCUT2D eigenvalue weighted by molar-refractivity contribution is 0.0626. The van der Waals surface area contributed by atoms with Crippen molar-refractivity contribution in [2.45, 2.75) is 32.6 Å². The molecule has 0 N–H and O–H groups in total. The third kappa shape index (κ3) is 3.97. The average molecular weight is 316 g/mol. The summed E-state index contributed by atoms with van der Waals surface area (Å²) in [6.45, 7) is 3.33. The number of likely N-dealkylation sites (tertiary alicyclic amines) is 1. The number of hydrogen-bond acceptors (Lipinski definition) is 3. The van der Waals surface area contributed by atoms with Gasteiger partial charge in [-0.3, -0.25) is 4.79 Å². The third-order valence-electron chi connectivity index (χ3n) is 4.40. The van der Waals surface area contributed by atoms with Crippen LogP contribution in [0.1, 0.15) is 41.1 Å². The van der Waals surface area contributed by atoms with Crippen molar-refractivity contribution in [3.8, 4) is 0 Å². The van der Waals surface area contributed by atoms with E-state index >= 15 is 0 Å². The molecule has 0 unspecified atom stereocenters. The molecule has 1 aromatic carbocycles. The van der Waals surface area contributed by atoms with Crippen LogP contribution in [0.3, 0.4) is 0 Å². The van der Waals surface area contributed by atoms with Crippen LogP contribution in [0.5, 0.6) is 0 Å². The molecule has 23 heavy (non-hydrogen) atoms. The van der Waals surface area contributed by atoms with E-state index in [-0.39, 0.29) is 11.7 Å². The maximum Gasteiger partial charge on any atom is 0.292 e. The highest BCUT2D eigenvalue weighted by Crippen LogP contribution is 2.23. The summed E-state index contributed by atoms with van der Waals surface area (Å²) in [5.41, 5.74) is 1.86. The summed E-state index contributed by atoms with van der Waals surface area (Å²) >= 11 is 0. The minimum Gasteiger partial charge on any atom is -0.351 e. The van der Waals surface area contributed by atoms with Crippen LogP contribution < -0.4 is 0 Å². The van der Waals surface area contributed by atoms with Crippen LogP contribution >= 0.6 is 0 Å². The van der Waals surface area contributed by atoms with Gasteiger partial charge in [0.2, 0.25) is 5.76 Å². The predicted molar refractivity (Wildman–Crippen MR) is 84.6 cm³/mol. The molecule has 122 valence electrons. The molecule has 1 atom stereocenters. The molecule has 1 aliphatic heterocycles. The van der Waals surface area contributed by atoms with Gasteiger partial charge in [0.15, 0.2) is 0 Å². The topological polar surface area (TPSA) is 46.3 Å². The molecule has 0 aliphatic carbocycles. The van der Waals surface area contributed by atoms with Crippen molar-refractivity contribution >= 4 is 5.91 Å². The van der Waals surface area contributed by atoms with E-state index in [0.717, 1.165) is 50.0 Å². The monoisotopic (exact) mass is 316 g/mol. The van der Waals surface area contributed by atoms with Crippen molar-refractivity contribution in [2.75, 3.05) is 13.1 Å². The van der Waals surface area contributed by atoms with Crippen LogP contribution in [-0.2, 0) is 6.42 Å². The molecule has 0 saturated carbocycles. The Bertz CT molecular complexity index is 666. The van der Waals surface area contributed by atoms with Gasteiger partial charge in [0, 0.05) is 19.2 Å². The minimum absolute atomic E-state index is 0.0721. The first-order chi connectivity index (χ1) is 11.1. The van der Waals surface area contributed by atoms with Gasteiger partial charge in [0.05, 0.1) is 5.69 Å². The van der Waals surface area contributed by atoms with Crippen LogP contribution in [0, 0.1) is 18.7 Å². The summed E-state index contributed by atoms with van der Waals surface area (Å²) in [5.74, 6) is 0.520. The lowest BCUT2D eigenvalue weighted by Crippen LogP contribution is -2.39. The largest absolute Gasteiger partial charge is 0.351 e. The molecule has 3 rings (SSSR count). The summed E-state index contributed by atoms with van der Waals surface area (Å²) in [4.78, 5) is 14.3.